The first-order valence-corrected chi connectivity index (χ1v) is 14.0. The standard InChI is InChI=1S/C29H38N4O9/c1-6-7-8-42-28(40)31-12-14-11-17(32(2)3)15-9-13-10-16-21(33(4)5)24(36)20(27(30)39)26(38)29(16,41)25(37)18(13)23(35)19(15)22(14)34/h11,13,16,18,20-21,34,41H,6-10,12H2,1-5H3,(H2,30,39)(H,31,40)/t13-,16-,18?,20?,21-,29-/m1/s1. The molecule has 2 amide bonds. The van der Waals surface area contributed by atoms with E-state index in [1.54, 1.807) is 25.1 Å². The maximum Gasteiger partial charge on any atom is 0.407 e. The Kier molecular flexibility index (Phi) is 8.47. The van der Waals surface area contributed by atoms with E-state index in [1.807, 2.05) is 6.92 Å². The molecule has 2 saturated carbocycles. The van der Waals surface area contributed by atoms with E-state index >= 15 is 0 Å². The van der Waals surface area contributed by atoms with Gasteiger partial charge in [-0.2, -0.15) is 0 Å². The van der Waals surface area contributed by atoms with Crippen LogP contribution in [0.1, 0.15) is 47.7 Å². The van der Waals surface area contributed by atoms with Crippen LogP contribution in [0.15, 0.2) is 6.07 Å². The molecule has 3 aliphatic carbocycles. The van der Waals surface area contributed by atoms with Gasteiger partial charge >= 0.3 is 6.09 Å². The average Bonchev–Trinajstić information content (AvgIpc) is 2.89. The predicted octanol–water partition coefficient (Wildman–Crippen LogP) is -0.0407. The summed E-state index contributed by atoms with van der Waals surface area (Å²) in [6, 6.07) is 0.474. The van der Waals surface area contributed by atoms with E-state index < -0.39 is 76.2 Å². The molecule has 2 unspecified atom stereocenters. The largest absolute Gasteiger partial charge is 0.507 e. The molecular weight excluding hydrogens is 548 g/mol. The molecule has 5 N–H and O–H groups in total. The Hall–Kier alpha value is -3.84. The fourth-order valence-corrected chi connectivity index (χ4v) is 6.77. The SMILES string of the molecule is CCCCOC(=O)NCc1cc(N(C)C)c2c(c1O)C(=O)C1C(=O)[C@@]3(O)C(=O)C(C(N)=O)C(=O)[C@H](N(C)C)[C@H]3C[C@H]1C2. The quantitative estimate of drug-likeness (QED) is 0.236. The third-order valence-corrected chi connectivity index (χ3v) is 8.75. The van der Waals surface area contributed by atoms with Gasteiger partial charge in [0.05, 0.1) is 24.1 Å². The van der Waals surface area contributed by atoms with Crippen molar-refractivity contribution < 1.29 is 43.7 Å². The highest BCUT2D eigenvalue weighted by Gasteiger charge is 2.69. The number of carbonyl (C=O) groups excluding carboxylic acids is 6. The molecule has 13 heteroatoms. The molecular formula is C29H38N4O9. The van der Waals surface area contributed by atoms with Crippen molar-refractivity contribution >= 4 is 40.8 Å². The number of carbonyl (C=O) groups is 6. The second-order valence-electron chi connectivity index (χ2n) is 11.8. The number of alkyl carbamates (subject to hydrolysis) is 1. The number of ketones is 4. The molecule has 0 bridgehead atoms. The number of phenolic OH excluding ortho intramolecular Hbond substituents is 1. The Bertz CT molecular complexity index is 1360. The molecule has 1 aromatic carbocycles. The van der Waals surface area contributed by atoms with Crippen molar-refractivity contribution in [1.82, 2.24) is 10.2 Å². The van der Waals surface area contributed by atoms with Gasteiger partial charge in [-0.15, -0.1) is 0 Å². The number of likely N-dealkylation sites (N-methyl/N-ethyl adjacent to an activating group) is 1. The van der Waals surface area contributed by atoms with Crippen molar-refractivity contribution in [3.63, 3.8) is 0 Å². The van der Waals surface area contributed by atoms with E-state index in [-0.39, 0.29) is 37.1 Å². The first-order chi connectivity index (χ1) is 19.7. The van der Waals surface area contributed by atoms with Gasteiger partial charge in [-0.05, 0) is 50.9 Å². The highest BCUT2D eigenvalue weighted by molar-refractivity contribution is 6.32. The zero-order valence-electron chi connectivity index (χ0n) is 24.4. The highest BCUT2D eigenvalue weighted by atomic mass is 16.5. The third kappa shape index (κ3) is 4.83. The van der Waals surface area contributed by atoms with Crippen LogP contribution in [-0.4, -0.2) is 96.7 Å². The molecule has 0 heterocycles. The van der Waals surface area contributed by atoms with Gasteiger partial charge in [0.1, 0.15) is 5.75 Å². The molecule has 0 aliphatic heterocycles. The molecule has 3 aliphatic rings. The van der Waals surface area contributed by atoms with E-state index in [2.05, 4.69) is 5.32 Å². The first kappa shape index (κ1) is 31.1. The molecule has 0 spiro atoms. The van der Waals surface area contributed by atoms with E-state index in [9.17, 15) is 39.0 Å². The Morgan fingerprint density at radius 1 is 1.14 bits per heavy atom. The van der Waals surface area contributed by atoms with E-state index in [0.29, 0.717) is 17.7 Å². The van der Waals surface area contributed by atoms with Crippen LogP contribution in [0.5, 0.6) is 5.75 Å². The number of aliphatic hydroxyl groups is 1. The predicted molar refractivity (Wildman–Crippen MR) is 149 cm³/mol. The number of hydrogen-bond donors (Lipinski definition) is 4. The van der Waals surface area contributed by atoms with Gasteiger partial charge < -0.3 is 30.9 Å². The number of rotatable bonds is 8. The number of amides is 2. The topological polar surface area (TPSA) is 197 Å². The number of phenols is 1. The van der Waals surface area contributed by atoms with Crippen LogP contribution in [0, 0.1) is 23.7 Å². The minimum Gasteiger partial charge on any atom is -0.507 e. The summed E-state index contributed by atoms with van der Waals surface area (Å²) in [5, 5.41) is 25.5. The summed E-state index contributed by atoms with van der Waals surface area (Å²) in [5.74, 6) is -11.1. The van der Waals surface area contributed by atoms with Gasteiger partial charge in [-0.3, -0.25) is 28.9 Å². The van der Waals surface area contributed by atoms with Crippen molar-refractivity contribution in [1.29, 1.82) is 0 Å². The summed E-state index contributed by atoms with van der Waals surface area (Å²) in [5.41, 5.74) is 3.69. The summed E-state index contributed by atoms with van der Waals surface area (Å²) in [6.45, 7) is 2.01. The van der Waals surface area contributed by atoms with Crippen molar-refractivity contribution in [2.75, 3.05) is 39.7 Å². The Balaban J connectivity index is 1.77. The van der Waals surface area contributed by atoms with Crippen molar-refractivity contribution in [3.8, 4) is 5.75 Å². The second kappa shape index (κ2) is 11.4. The minimum atomic E-state index is -2.79. The normalized spacial score (nSPS) is 28.6. The number of ether oxygens (including phenoxy) is 1. The number of unbranched alkanes of at least 4 members (excludes halogenated alkanes) is 1. The lowest BCUT2D eigenvalue weighted by molar-refractivity contribution is -0.181. The number of fused-ring (bicyclic) bond motifs is 3. The number of Topliss-reactive ketones (excluding diaryl/α,β-unsaturated/α-hetero) is 4. The Labute approximate surface area is 243 Å². The molecule has 1 aromatic rings. The van der Waals surface area contributed by atoms with Gasteiger partial charge in [0.25, 0.3) is 0 Å². The zero-order chi connectivity index (χ0) is 31.3. The molecule has 0 saturated heterocycles. The summed E-state index contributed by atoms with van der Waals surface area (Å²) in [6.07, 6.45) is 0.931. The van der Waals surface area contributed by atoms with E-state index in [1.165, 1.54) is 19.0 Å². The Morgan fingerprint density at radius 3 is 2.38 bits per heavy atom. The molecule has 13 nitrogen and oxygen atoms in total. The number of nitrogens with zero attached hydrogens (tertiary/aromatic N) is 2. The average molecular weight is 587 g/mol. The summed E-state index contributed by atoms with van der Waals surface area (Å²) < 4.78 is 5.10. The molecule has 0 aromatic heterocycles. The summed E-state index contributed by atoms with van der Waals surface area (Å²) in [4.78, 5) is 82.1. The van der Waals surface area contributed by atoms with Gasteiger partial charge in [0, 0.05) is 37.8 Å². The van der Waals surface area contributed by atoms with Gasteiger partial charge in [0.15, 0.2) is 34.7 Å². The number of benzene rings is 1. The number of nitrogens with one attached hydrogen (secondary N) is 1. The zero-order valence-corrected chi connectivity index (χ0v) is 24.4. The van der Waals surface area contributed by atoms with Crippen LogP contribution in [-0.2, 0) is 36.9 Å². The van der Waals surface area contributed by atoms with Crippen LogP contribution in [0.3, 0.4) is 0 Å². The second-order valence-corrected chi connectivity index (χ2v) is 11.8. The van der Waals surface area contributed by atoms with Crippen LogP contribution in [0.2, 0.25) is 0 Å². The van der Waals surface area contributed by atoms with Crippen LogP contribution in [0.25, 0.3) is 0 Å². The van der Waals surface area contributed by atoms with E-state index in [4.69, 9.17) is 10.5 Å². The van der Waals surface area contributed by atoms with Gasteiger partial charge in [-0.1, -0.05) is 13.3 Å². The lowest BCUT2D eigenvalue weighted by Gasteiger charge is -2.52. The number of aromatic hydroxyl groups is 1. The monoisotopic (exact) mass is 586 g/mol. The maximum absolute atomic E-state index is 14.0. The smallest absolute Gasteiger partial charge is 0.407 e. The van der Waals surface area contributed by atoms with Gasteiger partial charge in [-0.25, -0.2) is 4.79 Å². The first-order valence-electron chi connectivity index (χ1n) is 14.0. The number of primary amides is 1. The molecule has 228 valence electrons. The van der Waals surface area contributed by atoms with Gasteiger partial charge in [0.2, 0.25) is 5.91 Å². The molecule has 42 heavy (non-hydrogen) atoms. The summed E-state index contributed by atoms with van der Waals surface area (Å²) in [7, 11) is 6.56. The van der Waals surface area contributed by atoms with Crippen LogP contribution < -0.4 is 16.0 Å². The lowest BCUT2D eigenvalue weighted by Crippen LogP contribution is -2.74. The fraction of sp³-hybridized carbons (Fsp3) is 0.586. The number of anilines is 1. The van der Waals surface area contributed by atoms with Crippen LogP contribution in [0.4, 0.5) is 10.5 Å². The molecule has 2 fully saturated rings. The number of hydrogen-bond acceptors (Lipinski definition) is 11. The molecule has 0 radical (unpaired) electrons. The highest BCUT2D eigenvalue weighted by Crippen LogP contribution is 2.52. The minimum absolute atomic E-state index is 0.0373. The van der Waals surface area contributed by atoms with Crippen molar-refractivity contribution in [2.24, 2.45) is 29.4 Å². The summed E-state index contributed by atoms with van der Waals surface area (Å²) >= 11 is 0. The third-order valence-electron chi connectivity index (χ3n) is 8.75. The maximum atomic E-state index is 14.0. The van der Waals surface area contributed by atoms with Crippen LogP contribution >= 0.6 is 0 Å². The molecule has 4 rings (SSSR count). The van der Waals surface area contributed by atoms with Crippen molar-refractivity contribution in [3.05, 3.63) is 22.8 Å². The van der Waals surface area contributed by atoms with Crippen molar-refractivity contribution in [2.45, 2.75) is 50.8 Å². The lowest BCUT2D eigenvalue weighted by atomic mass is 9.52. The molecule has 6 atom stereocenters. The Morgan fingerprint density at radius 2 is 1.81 bits per heavy atom. The number of nitrogens with two attached hydrogens (primary N) is 1. The van der Waals surface area contributed by atoms with E-state index in [0.717, 1.165) is 6.42 Å². The fourth-order valence-electron chi connectivity index (χ4n) is 6.77.